The summed E-state index contributed by atoms with van der Waals surface area (Å²) in [5, 5.41) is 8.93. The van der Waals surface area contributed by atoms with Crippen molar-refractivity contribution >= 4 is 15.9 Å². The Morgan fingerprint density at radius 1 is 1.10 bits per heavy atom. The third-order valence-electron chi connectivity index (χ3n) is 2.56. The standard InChI is InChI=1S/C14H10BrF3O2/c15-10-2-1-3-11(7-10)20-13-5-4-9(8-19)6-12(13)14(16,17)18/h1-7,19H,8H2. The van der Waals surface area contributed by atoms with Crippen molar-refractivity contribution in [2.45, 2.75) is 12.8 Å². The van der Waals surface area contributed by atoms with Gasteiger partial charge in [-0.1, -0.05) is 28.1 Å². The number of rotatable bonds is 3. The van der Waals surface area contributed by atoms with Gasteiger partial charge in [-0.15, -0.1) is 0 Å². The van der Waals surface area contributed by atoms with E-state index in [1.165, 1.54) is 12.1 Å². The summed E-state index contributed by atoms with van der Waals surface area (Å²) >= 11 is 3.22. The molecule has 0 amide bonds. The molecule has 0 spiro atoms. The van der Waals surface area contributed by atoms with Crippen LogP contribution in [-0.2, 0) is 12.8 Å². The second-order valence-electron chi connectivity index (χ2n) is 4.05. The SMILES string of the molecule is OCc1ccc(Oc2cccc(Br)c2)c(C(F)(F)F)c1. The fraction of sp³-hybridized carbons (Fsp3) is 0.143. The molecule has 0 atom stereocenters. The molecule has 106 valence electrons. The number of hydrogen-bond acceptors (Lipinski definition) is 2. The van der Waals surface area contributed by atoms with Gasteiger partial charge in [-0.2, -0.15) is 13.2 Å². The van der Waals surface area contributed by atoms with E-state index in [0.717, 1.165) is 6.07 Å². The van der Waals surface area contributed by atoms with E-state index in [0.29, 0.717) is 10.2 Å². The molecule has 0 saturated heterocycles. The summed E-state index contributed by atoms with van der Waals surface area (Å²) in [6, 6.07) is 10.0. The van der Waals surface area contributed by atoms with Crippen LogP contribution in [0.3, 0.4) is 0 Å². The third kappa shape index (κ3) is 3.52. The predicted molar refractivity (Wildman–Crippen MR) is 71.6 cm³/mol. The molecule has 1 N–H and O–H groups in total. The molecule has 0 aliphatic heterocycles. The van der Waals surface area contributed by atoms with Crippen LogP contribution in [0.1, 0.15) is 11.1 Å². The first-order valence-corrected chi connectivity index (χ1v) is 6.44. The van der Waals surface area contributed by atoms with Gasteiger partial charge in [0.25, 0.3) is 0 Å². The summed E-state index contributed by atoms with van der Waals surface area (Å²) in [7, 11) is 0. The van der Waals surface area contributed by atoms with Crippen LogP contribution < -0.4 is 4.74 Å². The Kier molecular flexibility index (Phi) is 4.35. The fourth-order valence-electron chi connectivity index (χ4n) is 1.64. The van der Waals surface area contributed by atoms with E-state index in [1.54, 1.807) is 24.3 Å². The summed E-state index contributed by atoms with van der Waals surface area (Å²) in [6.45, 7) is -0.458. The van der Waals surface area contributed by atoms with Gasteiger partial charge in [-0.3, -0.25) is 0 Å². The second-order valence-corrected chi connectivity index (χ2v) is 4.96. The van der Waals surface area contributed by atoms with Gasteiger partial charge in [-0.25, -0.2) is 0 Å². The molecule has 0 aliphatic carbocycles. The van der Waals surface area contributed by atoms with Gasteiger partial charge in [-0.05, 0) is 35.9 Å². The number of hydrogen-bond donors (Lipinski definition) is 1. The van der Waals surface area contributed by atoms with Gasteiger partial charge in [0.1, 0.15) is 11.5 Å². The Morgan fingerprint density at radius 2 is 1.85 bits per heavy atom. The topological polar surface area (TPSA) is 29.5 Å². The first kappa shape index (κ1) is 14.9. The largest absolute Gasteiger partial charge is 0.457 e. The highest BCUT2D eigenvalue weighted by Gasteiger charge is 2.34. The fourth-order valence-corrected chi connectivity index (χ4v) is 2.02. The van der Waals surface area contributed by atoms with E-state index >= 15 is 0 Å². The highest BCUT2D eigenvalue weighted by molar-refractivity contribution is 9.10. The average Bonchev–Trinajstić information content (AvgIpc) is 2.38. The highest BCUT2D eigenvalue weighted by atomic mass is 79.9. The highest BCUT2D eigenvalue weighted by Crippen LogP contribution is 2.39. The van der Waals surface area contributed by atoms with E-state index in [-0.39, 0.29) is 11.3 Å². The van der Waals surface area contributed by atoms with Gasteiger partial charge < -0.3 is 9.84 Å². The quantitative estimate of drug-likeness (QED) is 0.868. The van der Waals surface area contributed by atoms with Gasteiger partial charge in [0.15, 0.2) is 0 Å². The summed E-state index contributed by atoms with van der Waals surface area (Å²) in [5.41, 5.74) is -0.733. The van der Waals surface area contributed by atoms with Gasteiger partial charge in [0, 0.05) is 4.47 Å². The number of aliphatic hydroxyl groups is 1. The minimum absolute atomic E-state index is 0.180. The Bertz CT molecular complexity index is 612. The van der Waals surface area contributed by atoms with Crippen molar-refractivity contribution in [1.29, 1.82) is 0 Å². The maximum Gasteiger partial charge on any atom is 0.419 e. The van der Waals surface area contributed by atoms with E-state index in [2.05, 4.69) is 15.9 Å². The molecule has 2 aromatic rings. The average molecular weight is 347 g/mol. The number of benzene rings is 2. The summed E-state index contributed by atoms with van der Waals surface area (Å²) < 4.78 is 44.9. The lowest BCUT2D eigenvalue weighted by Gasteiger charge is -2.15. The number of aliphatic hydroxyl groups excluding tert-OH is 1. The van der Waals surface area contributed by atoms with Crippen LogP contribution in [0.15, 0.2) is 46.9 Å². The molecule has 0 aromatic heterocycles. The van der Waals surface area contributed by atoms with Gasteiger partial charge >= 0.3 is 6.18 Å². The lowest BCUT2D eigenvalue weighted by atomic mass is 10.1. The minimum atomic E-state index is -4.55. The zero-order valence-corrected chi connectivity index (χ0v) is 11.7. The van der Waals surface area contributed by atoms with E-state index in [4.69, 9.17) is 9.84 Å². The molecule has 0 bridgehead atoms. The molecule has 0 fully saturated rings. The van der Waals surface area contributed by atoms with E-state index in [1.807, 2.05) is 0 Å². The smallest absolute Gasteiger partial charge is 0.419 e. The van der Waals surface area contributed by atoms with Crippen LogP contribution in [0.25, 0.3) is 0 Å². The minimum Gasteiger partial charge on any atom is -0.457 e. The van der Waals surface area contributed by atoms with Crippen molar-refractivity contribution in [3.8, 4) is 11.5 Å². The van der Waals surface area contributed by atoms with Gasteiger partial charge in [0.2, 0.25) is 0 Å². The Morgan fingerprint density at radius 3 is 2.45 bits per heavy atom. The lowest BCUT2D eigenvalue weighted by molar-refractivity contribution is -0.138. The normalized spacial score (nSPS) is 11.4. The Balaban J connectivity index is 2.41. The molecule has 6 heteroatoms. The molecule has 2 aromatic carbocycles. The van der Waals surface area contributed by atoms with Crippen LogP contribution in [-0.4, -0.2) is 5.11 Å². The first-order valence-electron chi connectivity index (χ1n) is 5.64. The zero-order chi connectivity index (χ0) is 14.8. The molecule has 0 saturated carbocycles. The third-order valence-corrected chi connectivity index (χ3v) is 3.05. The predicted octanol–water partition coefficient (Wildman–Crippen LogP) is 4.75. The number of ether oxygens (including phenoxy) is 1. The van der Waals surface area contributed by atoms with Crippen LogP contribution in [0.4, 0.5) is 13.2 Å². The molecule has 2 nitrogen and oxygen atoms in total. The second kappa shape index (κ2) is 5.85. The zero-order valence-electron chi connectivity index (χ0n) is 10.1. The lowest BCUT2D eigenvalue weighted by Crippen LogP contribution is -2.08. The molecular weight excluding hydrogens is 337 g/mol. The number of alkyl halides is 3. The Labute approximate surface area is 121 Å². The van der Waals surface area contributed by atoms with Crippen molar-refractivity contribution < 1.29 is 23.0 Å². The van der Waals surface area contributed by atoms with Crippen molar-refractivity contribution in [1.82, 2.24) is 0 Å². The monoisotopic (exact) mass is 346 g/mol. The van der Waals surface area contributed by atoms with Crippen LogP contribution >= 0.6 is 15.9 Å². The van der Waals surface area contributed by atoms with Crippen molar-refractivity contribution in [2.75, 3.05) is 0 Å². The van der Waals surface area contributed by atoms with Crippen molar-refractivity contribution in [3.63, 3.8) is 0 Å². The molecule has 20 heavy (non-hydrogen) atoms. The van der Waals surface area contributed by atoms with E-state index < -0.39 is 18.3 Å². The summed E-state index contributed by atoms with van der Waals surface area (Å²) in [5.74, 6) is -0.00516. The molecule has 0 unspecified atom stereocenters. The van der Waals surface area contributed by atoms with Crippen LogP contribution in [0.5, 0.6) is 11.5 Å². The maximum atomic E-state index is 13.0. The van der Waals surface area contributed by atoms with Crippen LogP contribution in [0, 0.1) is 0 Å². The molecule has 0 radical (unpaired) electrons. The molecule has 2 rings (SSSR count). The summed E-state index contributed by atoms with van der Waals surface area (Å²) in [4.78, 5) is 0. The number of halogens is 4. The maximum absolute atomic E-state index is 13.0. The summed E-state index contributed by atoms with van der Waals surface area (Å²) in [6.07, 6.45) is -4.55. The van der Waals surface area contributed by atoms with Crippen LogP contribution in [0.2, 0.25) is 0 Å². The van der Waals surface area contributed by atoms with Crippen molar-refractivity contribution in [3.05, 3.63) is 58.1 Å². The first-order chi connectivity index (χ1) is 9.40. The molecule has 0 aliphatic rings. The molecular formula is C14H10BrF3O2. The Hall–Kier alpha value is -1.53. The van der Waals surface area contributed by atoms with Crippen molar-refractivity contribution in [2.24, 2.45) is 0 Å². The molecule has 0 heterocycles. The van der Waals surface area contributed by atoms with E-state index in [9.17, 15) is 13.2 Å². The van der Waals surface area contributed by atoms with Gasteiger partial charge in [0.05, 0.1) is 12.2 Å².